The molecule has 1 aromatic heterocycles. The Labute approximate surface area is 123 Å². The van der Waals surface area contributed by atoms with Crippen LogP contribution < -0.4 is 0 Å². The first-order chi connectivity index (χ1) is 9.34. The van der Waals surface area contributed by atoms with Gasteiger partial charge in [0.1, 0.15) is 0 Å². The zero-order chi connectivity index (χ0) is 13.8. The summed E-state index contributed by atoms with van der Waals surface area (Å²) in [5, 5.41) is 0. The Morgan fingerprint density at radius 2 is 1.58 bits per heavy atom. The Balaban J connectivity index is 1.95. The summed E-state index contributed by atoms with van der Waals surface area (Å²) >= 11 is 5.41. The number of thiocarbonyl (C=S) groups is 1. The highest BCUT2D eigenvalue weighted by Crippen LogP contribution is 2.12. The van der Waals surface area contributed by atoms with Crippen LogP contribution in [0, 0.1) is 0 Å². The highest BCUT2D eigenvalue weighted by Gasteiger charge is 2.01. The van der Waals surface area contributed by atoms with Crippen molar-refractivity contribution in [2.45, 2.75) is 71.1 Å². The number of aromatic nitrogens is 1. The Hall–Kier alpha value is -0.760. The number of pyridine rings is 1. The van der Waals surface area contributed by atoms with Crippen molar-refractivity contribution in [2.75, 3.05) is 0 Å². The van der Waals surface area contributed by atoms with Gasteiger partial charge in [0.05, 0.1) is 5.69 Å². The maximum atomic E-state index is 5.41. The highest BCUT2D eigenvalue weighted by molar-refractivity contribution is 7.80. The molecule has 0 aliphatic carbocycles. The Morgan fingerprint density at radius 1 is 0.947 bits per heavy atom. The van der Waals surface area contributed by atoms with E-state index in [2.05, 4.69) is 11.9 Å². The maximum Gasteiger partial charge on any atom is 0.0768 e. The highest BCUT2D eigenvalue weighted by atomic mass is 32.1. The number of hydrogen-bond acceptors (Lipinski definition) is 2. The van der Waals surface area contributed by atoms with Gasteiger partial charge in [-0.05, 0) is 25.0 Å². The van der Waals surface area contributed by atoms with Gasteiger partial charge in [-0.25, -0.2) is 0 Å². The first-order valence-corrected chi connectivity index (χ1v) is 8.19. The lowest BCUT2D eigenvalue weighted by Crippen LogP contribution is -1.99. The first-order valence-electron chi connectivity index (χ1n) is 7.79. The average molecular weight is 277 g/mol. The van der Waals surface area contributed by atoms with Gasteiger partial charge in [-0.15, -0.1) is 0 Å². The van der Waals surface area contributed by atoms with E-state index in [9.17, 15) is 0 Å². The molecule has 0 saturated carbocycles. The molecule has 0 aromatic carbocycles. The SMILES string of the molecule is CCCCCCCCCCCC(=S)c1ccccn1. The van der Waals surface area contributed by atoms with E-state index in [1.54, 1.807) is 0 Å². The van der Waals surface area contributed by atoms with Crippen LogP contribution in [0.3, 0.4) is 0 Å². The van der Waals surface area contributed by atoms with Crippen LogP contribution in [0.5, 0.6) is 0 Å². The lowest BCUT2D eigenvalue weighted by atomic mass is 10.1. The second-order valence-electron chi connectivity index (χ2n) is 5.22. The molecule has 0 fully saturated rings. The first kappa shape index (κ1) is 16.3. The van der Waals surface area contributed by atoms with E-state index in [-0.39, 0.29) is 0 Å². The third-order valence-corrected chi connectivity index (χ3v) is 3.87. The predicted molar refractivity (Wildman–Crippen MR) is 87.8 cm³/mol. The number of hydrogen-bond donors (Lipinski definition) is 0. The largest absolute Gasteiger partial charge is 0.256 e. The fourth-order valence-corrected chi connectivity index (χ4v) is 2.52. The van der Waals surface area contributed by atoms with Crippen molar-refractivity contribution in [3.63, 3.8) is 0 Å². The van der Waals surface area contributed by atoms with Crippen LogP contribution in [0.25, 0.3) is 0 Å². The molecule has 0 aliphatic rings. The van der Waals surface area contributed by atoms with E-state index < -0.39 is 0 Å². The molecule has 0 atom stereocenters. The van der Waals surface area contributed by atoms with Crippen molar-refractivity contribution in [2.24, 2.45) is 0 Å². The molecule has 0 unspecified atom stereocenters. The van der Waals surface area contributed by atoms with Crippen LogP contribution in [0.1, 0.15) is 76.8 Å². The summed E-state index contributed by atoms with van der Waals surface area (Å²) in [5.74, 6) is 0. The van der Waals surface area contributed by atoms with Gasteiger partial charge in [0, 0.05) is 11.1 Å². The molecule has 0 bridgehead atoms. The van der Waals surface area contributed by atoms with E-state index in [0.29, 0.717) is 0 Å². The molecule has 0 amide bonds. The third kappa shape index (κ3) is 8.10. The van der Waals surface area contributed by atoms with Crippen LogP contribution in [-0.4, -0.2) is 9.85 Å². The van der Waals surface area contributed by atoms with Gasteiger partial charge >= 0.3 is 0 Å². The normalized spacial score (nSPS) is 10.6. The molecule has 0 aliphatic heterocycles. The molecular weight excluding hydrogens is 250 g/mol. The van der Waals surface area contributed by atoms with Gasteiger partial charge in [0.2, 0.25) is 0 Å². The number of nitrogens with zero attached hydrogens (tertiary/aromatic N) is 1. The summed E-state index contributed by atoms with van der Waals surface area (Å²) in [7, 11) is 0. The van der Waals surface area contributed by atoms with Gasteiger partial charge in [0.25, 0.3) is 0 Å². The van der Waals surface area contributed by atoms with Crippen molar-refractivity contribution in [3.8, 4) is 0 Å². The van der Waals surface area contributed by atoms with Crippen LogP contribution in [0.15, 0.2) is 24.4 Å². The summed E-state index contributed by atoms with van der Waals surface area (Å²) in [6.45, 7) is 2.27. The Kier molecular flexibility index (Phi) is 9.52. The molecule has 1 rings (SSSR count). The molecule has 1 heterocycles. The topological polar surface area (TPSA) is 12.9 Å². The molecule has 0 saturated heterocycles. The maximum absolute atomic E-state index is 5.41. The summed E-state index contributed by atoms with van der Waals surface area (Å²) < 4.78 is 0. The average Bonchev–Trinajstić information content (AvgIpc) is 2.46. The summed E-state index contributed by atoms with van der Waals surface area (Å²) in [6, 6.07) is 5.95. The van der Waals surface area contributed by atoms with Crippen LogP contribution >= 0.6 is 12.2 Å². The fourth-order valence-electron chi connectivity index (χ4n) is 2.25. The van der Waals surface area contributed by atoms with Crippen molar-refractivity contribution in [3.05, 3.63) is 30.1 Å². The van der Waals surface area contributed by atoms with E-state index in [0.717, 1.165) is 17.0 Å². The van der Waals surface area contributed by atoms with Crippen LogP contribution in [0.2, 0.25) is 0 Å². The molecular formula is C17H27NS. The van der Waals surface area contributed by atoms with Gasteiger partial charge in [-0.3, -0.25) is 4.98 Å². The molecule has 0 N–H and O–H groups in total. The van der Waals surface area contributed by atoms with Gasteiger partial charge in [0.15, 0.2) is 0 Å². The smallest absolute Gasteiger partial charge is 0.0768 e. The number of rotatable bonds is 11. The monoisotopic (exact) mass is 277 g/mol. The molecule has 0 radical (unpaired) electrons. The minimum Gasteiger partial charge on any atom is -0.256 e. The zero-order valence-corrected chi connectivity index (χ0v) is 13.1. The summed E-state index contributed by atoms with van der Waals surface area (Å²) in [6.07, 6.45) is 15.1. The lowest BCUT2D eigenvalue weighted by molar-refractivity contribution is 0.568. The zero-order valence-electron chi connectivity index (χ0n) is 12.2. The van der Waals surface area contributed by atoms with E-state index in [4.69, 9.17) is 12.2 Å². The van der Waals surface area contributed by atoms with Crippen LogP contribution in [-0.2, 0) is 0 Å². The third-order valence-electron chi connectivity index (χ3n) is 3.46. The molecule has 0 spiro atoms. The molecule has 2 heteroatoms. The van der Waals surface area contributed by atoms with E-state index >= 15 is 0 Å². The van der Waals surface area contributed by atoms with Crippen molar-refractivity contribution in [1.82, 2.24) is 4.98 Å². The quantitative estimate of drug-likeness (QED) is 0.291. The fraction of sp³-hybridized carbons (Fsp3) is 0.647. The Bertz CT molecular complexity index is 334. The van der Waals surface area contributed by atoms with Gasteiger partial charge in [-0.1, -0.05) is 76.6 Å². The minimum absolute atomic E-state index is 0.983. The van der Waals surface area contributed by atoms with E-state index in [1.165, 1.54) is 57.8 Å². The summed E-state index contributed by atoms with van der Waals surface area (Å²) in [4.78, 5) is 5.31. The standard InChI is InChI=1S/C17H27NS/c1-2-3-4-5-6-7-8-9-10-14-17(19)16-13-11-12-15-18-16/h11-13,15H,2-10,14H2,1H3. The Morgan fingerprint density at radius 3 is 2.16 bits per heavy atom. The van der Waals surface area contributed by atoms with Crippen molar-refractivity contribution < 1.29 is 0 Å². The van der Waals surface area contributed by atoms with Crippen molar-refractivity contribution >= 4 is 17.1 Å². The minimum atomic E-state index is 0.983. The molecule has 106 valence electrons. The molecule has 1 aromatic rings. The van der Waals surface area contributed by atoms with E-state index in [1.807, 2.05) is 24.4 Å². The predicted octanol–water partition coefficient (Wildman–Crippen LogP) is 5.72. The van der Waals surface area contributed by atoms with Crippen LogP contribution in [0.4, 0.5) is 0 Å². The number of unbranched alkanes of at least 4 members (excludes halogenated alkanes) is 8. The lowest BCUT2D eigenvalue weighted by Gasteiger charge is -2.03. The summed E-state index contributed by atoms with van der Waals surface area (Å²) in [5.41, 5.74) is 0.983. The second kappa shape index (κ2) is 11.1. The van der Waals surface area contributed by atoms with Gasteiger partial charge < -0.3 is 0 Å². The second-order valence-corrected chi connectivity index (χ2v) is 5.71. The molecule has 1 nitrogen and oxygen atoms in total. The van der Waals surface area contributed by atoms with Gasteiger partial charge in [-0.2, -0.15) is 0 Å². The molecule has 19 heavy (non-hydrogen) atoms. The van der Waals surface area contributed by atoms with Crippen molar-refractivity contribution in [1.29, 1.82) is 0 Å².